The van der Waals surface area contributed by atoms with Crippen molar-refractivity contribution in [3.63, 3.8) is 0 Å². The van der Waals surface area contributed by atoms with Gasteiger partial charge in [-0.25, -0.2) is 0 Å². The van der Waals surface area contributed by atoms with Crippen molar-refractivity contribution >= 4 is 5.69 Å². The molecule has 1 N–H and O–H groups in total. The standard InChI is InChI=1S/C16H25NO3/c1-11(2)20-14-6-7-15(12(3)8-14)17-13-9-18-16(4,5)19-10-13/h6-8,11,13,17H,9-10H2,1-5H3. The molecule has 0 aliphatic carbocycles. The second kappa shape index (κ2) is 6.02. The Morgan fingerprint density at radius 2 is 1.90 bits per heavy atom. The molecule has 0 bridgehead atoms. The Morgan fingerprint density at radius 1 is 1.25 bits per heavy atom. The Labute approximate surface area is 121 Å². The molecule has 1 aromatic rings. The summed E-state index contributed by atoms with van der Waals surface area (Å²) >= 11 is 0. The molecule has 2 rings (SSSR count). The summed E-state index contributed by atoms with van der Waals surface area (Å²) in [6.07, 6.45) is 0.190. The zero-order valence-corrected chi connectivity index (χ0v) is 13.0. The van der Waals surface area contributed by atoms with Crippen molar-refractivity contribution < 1.29 is 14.2 Å². The Bertz CT molecular complexity index is 447. The number of benzene rings is 1. The Balaban J connectivity index is 1.96. The lowest BCUT2D eigenvalue weighted by molar-refractivity contribution is -0.247. The van der Waals surface area contributed by atoms with E-state index in [4.69, 9.17) is 14.2 Å². The van der Waals surface area contributed by atoms with Gasteiger partial charge in [0.2, 0.25) is 0 Å². The summed E-state index contributed by atoms with van der Waals surface area (Å²) in [5, 5.41) is 3.46. The van der Waals surface area contributed by atoms with Crippen molar-refractivity contribution in [1.82, 2.24) is 0 Å². The predicted molar refractivity (Wildman–Crippen MR) is 80.3 cm³/mol. The van der Waals surface area contributed by atoms with E-state index in [1.165, 1.54) is 0 Å². The molecule has 4 heteroatoms. The first kappa shape index (κ1) is 15.1. The summed E-state index contributed by atoms with van der Waals surface area (Å²) in [4.78, 5) is 0. The van der Waals surface area contributed by atoms with Crippen molar-refractivity contribution in [3.8, 4) is 5.75 Å². The van der Waals surface area contributed by atoms with Crippen LogP contribution in [0.3, 0.4) is 0 Å². The zero-order chi connectivity index (χ0) is 14.8. The Kier molecular flexibility index (Phi) is 4.55. The summed E-state index contributed by atoms with van der Waals surface area (Å²) < 4.78 is 17.0. The van der Waals surface area contributed by atoms with Crippen LogP contribution in [0.2, 0.25) is 0 Å². The van der Waals surface area contributed by atoms with Crippen LogP contribution in [0.25, 0.3) is 0 Å². The van der Waals surface area contributed by atoms with Gasteiger partial charge >= 0.3 is 0 Å². The highest BCUT2D eigenvalue weighted by molar-refractivity contribution is 5.54. The van der Waals surface area contributed by atoms with E-state index in [1.54, 1.807) is 0 Å². The van der Waals surface area contributed by atoms with E-state index in [1.807, 2.05) is 39.8 Å². The monoisotopic (exact) mass is 279 g/mol. The number of hydrogen-bond donors (Lipinski definition) is 1. The minimum Gasteiger partial charge on any atom is -0.491 e. The fourth-order valence-electron chi connectivity index (χ4n) is 2.14. The number of anilines is 1. The Morgan fingerprint density at radius 3 is 2.45 bits per heavy atom. The summed E-state index contributed by atoms with van der Waals surface area (Å²) in [7, 11) is 0. The van der Waals surface area contributed by atoms with Crippen molar-refractivity contribution in [2.24, 2.45) is 0 Å². The number of hydrogen-bond acceptors (Lipinski definition) is 4. The SMILES string of the molecule is Cc1cc(OC(C)C)ccc1NC1COC(C)(C)OC1. The van der Waals surface area contributed by atoms with Crippen molar-refractivity contribution in [3.05, 3.63) is 23.8 Å². The van der Waals surface area contributed by atoms with E-state index in [-0.39, 0.29) is 12.1 Å². The third kappa shape index (κ3) is 4.12. The van der Waals surface area contributed by atoms with Crippen LogP contribution in [0.15, 0.2) is 18.2 Å². The van der Waals surface area contributed by atoms with Crippen molar-refractivity contribution in [2.45, 2.75) is 52.6 Å². The van der Waals surface area contributed by atoms with Gasteiger partial charge in [0.25, 0.3) is 0 Å². The lowest BCUT2D eigenvalue weighted by Crippen LogP contribution is -2.45. The van der Waals surface area contributed by atoms with Gasteiger partial charge in [-0.3, -0.25) is 0 Å². The fourth-order valence-corrected chi connectivity index (χ4v) is 2.14. The second-order valence-electron chi connectivity index (χ2n) is 6.01. The van der Waals surface area contributed by atoms with E-state index >= 15 is 0 Å². The molecular weight excluding hydrogens is 254 g/mol. The number of ether oxygens (including phenoxy) is 3. The summed E-state index contributed by atoms with van der Waals surface area (Å²) in [5.74, 6) is 0.433. The molecule has 1 saturated heterocycles. The third-order valence-electron chi connectivity index (χ3n) is 3.19. The average molecular weight is 279 g/mol. The minimum atomic E-state index is -0.470. The number of nitrogens with one attached hydrogen (secondary N) is 1. The molecule has 0 unspecified atom stereocenters. The van der Waals surface area contributed by atoms with Gasteiger partial charge in [-0.2, -0.15) is 0 Å². The van der Waals surface area contributed by atoms with Gasteiger partial charge < -0.3 is 19.5 Å². The molecule has 1 aliphatic heterocycles. The zero-order valence-electron chi connectivity index (χ0n) is 13.0. The van der Waals surface area contributed by atoms with Crippen LogP contribution in [0, 0.1) is 6.92 Å². The van der Waals surface area contributed by atoms with Gasteiger partial charge in [0, 0.05) is 5.69 Å². The topological polar surface area (TPSA) is 39.7 Å². The molecule has 1 aromatic carbocycles. The van der Waals surface area contributed by atoms with Crippen LogP contribution >= 0.6 is 0 Å². The van der Waals surface area contributed by atoms with Gasteiger partial charge in [0.15, 0.2) is 5.79 Å². The molecule has 0 radical (unpaired) electrons. The summed E-state index contributed by atoms with van der Waals surface area (Å²) in [6.45, 7) is 11.3. The average Bonchev–Trinajstić information content (AvgIpc) is 2.34. The summed E-state index contributed by atoms with van der Waals surface area (Å²) in [5.41, 5.74) is 2.26. The maximum atomic E-state index is 5.69. The molecule has 0 atom stereocenters. The van der Waals surface area contributed by atoms with Crippen LogP contribution in [0.4, 0.5) is 5.69 Å². The second-order valence-corrected chi connectivity index (χ2v) is 6.01. The molecule has 0 spiro atoms. The highest BCUT2D eigenvalue weighted by atomic mass is 16.7. The summed E-state index contributed by atoms with van der Waals surface area (Å²) in [6, 6.07) is 6.27. The quantitative estimate of drug-likeness (QED) is 0.917. The molecule has 112 valence electrons. The minimum absolute atomic E-state index is 0.179. The highest BCUT2D eigenvalue weighted by Crippen LogP contribution is 2.25. The maximum Gasteiger partial charge on any atom is 0.162 e. The highest BCUT2D eigenvalue weighted by Gasteiger charge is 2.28. The first-order valence-electron chi connectivity index (χ1n) is 7.17. The number of rotatable bonds is 4. The molecular formula is C16H25NO3. The Hall–Kier alpha value is -1.26. The van der Waals surface area contributed by atoms with E-state index in [0.29, 0.717) is 13.2 Å². The molecule has 0 aromatic heterocycles. The smallest absolute Gasteiger partial charge is 0.162 e. The normalized spacial score (nSPS) is 19.1. The lowest BCUT2D eigenvalue weighted by Gasteiger charge is -2.35. The fraction of sp³-hybridized carbons (Fsp3) is 0.625. The molecule has 20 heavy (non-hydrogen) atoms. The van der Waals surface area contributed by atoms with Gasteiger partial charge in [-0.05, 0) is 58.4 Å². The molecule has 1 aliphatic rings. The van der Waals surface area contributed by atoms with E-state index in [2.05, 4.69) is 18.3 Å². The van der Waals surface area contributed by atoms with Gasteiger partial charge in [0.1, 0.15) is 5.75 Å². The van der Waals surface area contributed by atoms with Crippen LogP contribution in [-0.4, -0.2) is 31.1 Å². The maximum absolute atomic E-state index is 5.69. The van der Waals surface area contributed by atoms with Gasteiger partial charge in [-0.1, -0.05) is 0 Å². The predicted octanol–water partition coefficient (Wildman–Crippen LogP) is 3.35. The van der Waals surface area contributed by atoms with Gasteiger partial charge in [-0.15, -0.1) is 0 Å². The van der Waals surface area contributed by atoms with E-state index in [0.717, 1.165) is 17.0 Å². The largest absolute Gasteiger partial charge is 0.491 e. The molecule has 1 fully saturated rings. The first-order chi connectivity index (χ1) is 9.35. The van der Waals surface area contributed by atoms with Crippen molar-refractivity contribution in [2.75, 3.05) is 18.5 Å². The third-order valence-corrected chi connectivity index (χ3v) is 3.19. The van der Waals surface area contributed by atoms with Crippen LogP contribution in [0.5, 0.6) is 5.75 Å². The van der Waals surface area contributed by atoms with Crippen molar-refractivity contribution in [1.29, 1.82) is 0 Å². The molecule has 1 heterocycles. The number of aryl methyl sites for hydroxylation is 1. The molecule has 4 nitrogen and oxygen atoms in total. The van der Waals surface area contributed by atoms with Gasteiger partial charge in [0.05, 0.1) is 25.4 Å². The van der Waals surface area contributed by atoms with Crippen LogP contribution < -0.4 is 10.1 Å². The van der Waals surface area contributed by atoms with E-state index in [9.17, 15) is 0 Å². The van der Waals surface area contributed by atoms with Crippen LogP contribution in [0.1, 0.15) is 33.3 Å². The van der Waals surface area contributed by atoms with Crippen LogP contribution in [-0.2, 0) is 9.47 Å². The molecule has 0 saturated carbocycles. The van der Waals surface area contributed by atoms with E-state index < -0.39 is 5.79 Å². The first-order valence-corrected chi connectivity index (χ1v) is 7.17. The molecule has 0 amide bonds. The lowest BCUT2D eigenvalue weighted by atomic mass is 10.1.